The number of rotatable bonds is 2. The Morgan fingerprint density at radius 1 is 1.57 bits per heavy atom. The molecule has 1 rings (SSSR count). The van der Waals surface area contributed by atoms with Gasteiger partial charge in [-0.1, -0.05) is 13.8 Å². The molecule has 1 amide bonds. The number of nitrogens with one attached hydrogen (secondary N) is 2. The van der Waals surface area contributed by atoms with Gasteiger partial charge in [-0.25, -0.2) is 4.39 Å². The summed E-state index contributed by atoms with van der Waals surface area (Å²) in [4.78, 5) is 10.3. The third kappa shape index (κ3) is 6.85. The maximum Gasteiger partial charge on any atom is 0.116 e. The smallest absolute Gasteiger partial charge is 0.116 e. The van der Waals surface area contributed by atoms with Crippen molar-refractivity contribution in [3.63, 3.8) is 0 Å². The summed E-state index contributed by atoms with van der Waals surface area (Å²) < 4.78 is 12.9. The molecule has 0 bridgehead atoms. The second-order valence-corrected chi connectivity index (χ2v) is 2.90. The molecular formula is C9H18FN2OY-. The zero-order chi connectivity index (χ0) is 10.3. The Morgan fingerprint density at radius 3 is 2.57 bits per heavy atom. The Labute approximate surface area is 110 Å². The van der Waals surface area contributed by atoms with Crippen LogP contribution < -0.4 is 5.32 Å². The van der Waals surface area contributed by atoms with E-state index in [4.69, 9.17) is 5.73 Å². The topological polar surface area (TPSA) is 52.9 Å². The van der Waals surface area contributed by atoms with Crippen LogP contribution in [0.4, 0.5) is 4.39 Å². The van der Waals surface area contributed by atoms with Crippen LogP contribution in [-0.2, 0) is 37.5 Å². The second-order valence-electron chi connectivity index (χ2n) is 2.90. The number of carbonyl (C=O) groups is 1. The first-order valence-electron chi connectivity index (χ1n) is 4.79. The number of amides is 1. The first-order chi connectivity index (χ1) is 6.20. The molecule has 0 aromatic rings. The summed E-state index contributed by atoms with van der Waals surface area (Å²) >= 11 is 0. The van der Waals surface area contributed by atoms with E-state index in [0.717, 1.165) is 6.54 Å². The number of alkyl halides is 1. The van der Waals surface area contributed by atoms with Crippen LogP contribution in [0.3, 0.4) is 0 Å². The zero-order valence-corrected chi connectivity index (χ0v) is 11.7. The molecule has 3 nitrogen and oxygen atoms in total. The van der Waals surface area contributed by atoms with Gasteiger partial charge in [0.25, 0.3) is 0 Å². The average Bonchev–Trinajstić information content (AvgIpc) is 2.12. The SMILES string of the molecule is CC.[NH-]C(=O)CC1CCNCC1F.[Y]. The molecule has 2 N–H and O–H groups in total. The molecule has 1 fully saturated rings. The Hall–Kier alpha value is 0.464. The van der Waals surface area contributed by atoms with Crippen LogP contribution in [0.25, 0.3) is 5.73 Å². The van der Waals surface area contributed by atoms with Crippen LogP contribution in [-0.4, -0.2) is 25.2 Å². The molecule has 1 heterocycles. The van der Waals surface area contributed by atoms with Gasteiger partial charge in [-0.15, -0.1) is 0 Å². The van der Waals surface area contributed by atoms with E-state index in [1.807, 2.05) is 13.8 Å². The summed E-state index contributed by atoms with van der Waals surface area (Å²) in [6, 6.07) is 0. The molecule has 1 saturated heterocycles. The average molecular weight is 278 g/mol. The molecular weight excluding hydrogens is 260 g/mol. The van der Waals surface area contributed by atoms with E-state index >= 15 is 0 Å². The van der Waals surface area contributed by atoms with Crippen LogP contribution in [0, 0.1) is 5.92 Å². The predicted octanol–water partition coefficient (Wildman–Crippen LogP) is 1.93. The van der Waals surface area contributed by atoms with Gasteiger partial charge in [0, 0.05) is 45.2 Å². The molecule has 14 heavy (non-hydrogen) atoms. The van der Waals surface area contributed by atoms with Gasteiger partial charge in [-0.2, -0.15) is 0 Å². The van der Waals surface area contributed by atoms with Gasteiger partial charge in [0.2, 0.25) is 0 Å². The van der Waals surface area contributed by atoms with Gasteiger partial charge in [-0.05, 0) is 25.3 Å². The molecule has 0 aromatic heterocycles. The van der Waals surface area contributed by atoms with Crippen LogP contribution in [0.5, 0.6) is 0 Å². The van der Waals surface area contributed by atoms with Gasteiger partial charge < -0.3 is 15.8 Å². The van der Waals surface area contributed by atoms with Crippen molar-refractivity contribution in [3.05, 3.63) is 5.73 Å². The third-order valence-corrected chi connectivity index (χ3v) is 1.99. The van der Waals surface area contributed by atoms with E-state index in [1.165, 1.54) is 0 Å². The normalized spacial score (nSPS) is 25.4. The number of piperidine rings is 1. The largest absolute Gasteiger partial charge is 0.668 e. The van der Waals surface area contributed by atoms with Gasteiger partial charge in [0.05, 0.1) is 0 Å². The summed E-state index contributed by atoms with van der Waals surface area (Å²) in [5.41, 5.74) is 6.68. The van der Waals surface area contributed by atoms with E-state index in [-0.39, 0.29) is 45.0 Å². The molecule has 1 radical (unpaired) electrons. The monoisotopic (exact) mass is 278 g/mol. The second kappa shape index (κ2) is 10.00. The maximum atomic E-state index is 12.9. The van der Waals surface area contributed by atoms with Crippen LogP contribution in [0.1, 0.15) is 26.7 Å². The molecule has 0 spiro atoms. The summed E-state index contributed by atoms with van der Waals surface area (Å²) in [7, 11) is 0. The fourth-order valence-corrected chi connectivity index (χ4v) is 1.34. The molecule has 81 valence electrons. The molecule has 0 aliphatic carbocycles. The number of carbonyl (C=O) groups excluding carboxylic acids is 1. The first kappa shape index (κ1) is 16.9. The van der Waals surface area contributed by atoms with Crippen molar-refractivity contribution in [2.45, 2.75) is 32.9 Å². The fraction of sp³-hybridized carbons (Fsp3) is 0.889. The minimum absolute atomic E-state index is 0. The summed E-state index contributed by atoms with van der Waals surface area (Å²) in [6.45, 7) is 5.09. The summed E-state index contributed by atoms with van der Waals surface area (Å²) in [5.74, 6) is -0.874. The quantitative estimate of drug-likeness (QED) is 0.839. The summed E-state index contributed by atoms with van der Waals surface area (Å²) in [5, 5.41) is 2.89. The van der Waals surface area contributed by atoms with Gasteiger partial charge in [0.1, 0.15) is 6.17 Å². The fourth-order valence-electron chi connectivity index (χ4n) is 1.34. The van der Waals surface area contributed by atoms with Crippen LogP contribution in [0.15, 0.2) is 0 Å². The van der Waals surface area contributed by atoms with Crippen LogP contribution >= 0.6 is 0 Å². The van der Waals surface area contributed by atoms with E-state index < -0.39 is 12.1 Å². The minimum Gasteiger partial charge on any atom is -0.668 e. The van der Waals surface area contributed by atoms with Crippen molar-refractivity contribution < 1.29 is 41.9 Å². The summed E-state index contributed by atoms with van der Waals surface area (Å²) in [6.07, 6.45) is -0.202. The standard InChI is InChI=1S/C7H13FN2O.C2H6.Y/c8-6-4-10-2-1-5(6)3-7(9)11;1-2;/h5-6,10H,1-4H2,(H2,9,11);1-2H3;/p-1. The van der Waals surface area contributed by atoms with E-state index in [1.54, 1.807) is 0 Å². The van der Waals surface area contributed by atoms with E-state index in [0.29, 0.717) is 13.0 Å². The Balaban J connectivity index is 0. The zero-order valence-electron chi connectivity index (χ0n) is 8.85. The van der Waals surface area contributed by atoms with E-state index in [9.17, 15) is 9.18 Å². The molecule has 2 atom stereocenters. The number of halogens is 1. The Morgan fingerprint density at radius 2 is 2.14 bits per heavy atom. The predicted molar refractivity (Wildman–Crippen MR) is 51.2 cm³/mol. The number of hydrogen-bond acceptors (Lipinski definition) is 2. The van der Waals surface area contributed by atoms with Crippen molar-refractivity contribution in [3.8, 4) is 0 Å². The van der Waals surface area contributed by atoms with Crippen molar-refractivity contribution in [2.24, 2.45) is 5.92 Å². The van der Waals surface area contributed by atoms with Crippen molar-refractivity contribution in [1.82, 2.24) is 5.32 Å². The van der Waals surface area contributed by atoms with Crippen molar-refractivity contribution in [2.75, 3.05) is 13.1 Å². The third-order valence-electron chi connectivity index (χ3n) is 1.99. The van der Waals surface area contributed by atoms with Gasteiger partial charge >= 0.3 is 0 Å². The Bertz CT molecular complexity index is 158. The van der Waals surface area contributed by atoms with Crippen LogP contribution in [0.2, 0.25) is 0 Å². The first-order valence-corrected chi connectivity index (χ1v) is 4.79. The molecule has 1 aliphatic heterocycles. The molecule has 2 unspecified atom stereocenters. The van der Waals surface area contributed by atoms with E-state index in [2.05, 4.69) is 5.32 Å². The number of hydrogen-bond donors (Lipinski definition) is 1. The van der Waals surface area contributed by atoms with Gasteiger partial charge in [0.15, 0.2) is 0 Å². The van der Waals surface area contributed by atoms with Crippen molar-refractivity contribution in [1.29, 1.82) is 0 Å². The molecule has 1 aliphatic rings. The maximum absolute atomic E-state index is 12.9. The molecule has 5 heteroatoms. The van der Waals surface area contributed by atoms with Gasteiger partial charge in [-0.3, -0.25) is 0 Å². The van der Waals surface area contributed by atoms with Crippen molar-refractivity contribution >= 4 is 5.91 Å². The Kier molecular flexibility index (Phi) is 12.1. The minimum atomic E-state index is -0.946. The molecule has 0 aromatic carbocycles. The molecule has 0 saturated carbocycles.